The van der Waals surface area contributed by atoms with Gasteiger partial charge in [0.2, 0.25) is 5.91 Å². The minimum atomic E-state index is -5.08. The summed E-state index contributed by atoms with van der Waals surface area (Å²) in [4.78, 5) is 24.0. The van der Waals surface area contributed by atoms with E-state index in [1.165, 1.54) is 24.0 Å². The quantitative estimate of drug-likeness (QED) is 0.465. The van der Waals surface area contributed by atoms with Gasteiger partial charge >= 0.3 is 12.1 Å². The van der Waals surface area contributed by atoms with Crippen LogP contribution in [0.2, 0.25) is 5.02 Å². The monoisotopic (exact) mass is 567 g/mol. The summed E-state index contributed by atoms with van der Waals surface area (Å²) in [7, 11) is 0. The van der Waals surface area contributed by atoms with E-state index in [2.05, 4.69) is 41.0 Å². The van der Waals surface area contributed by atoms with Crippen LogP contribution >= 0.6 is 11.6 Å². The molecule has 2 aromatic carbocycles. The van der Waals surface area contributed by atoms with Crippen LogP contribution in [0.25, 0.3) is 0 Å². The molecule has 0 radical (unpaired) electrons. The van der Waals surface area contributed by atoms with Gasteiger partial charge in [-0.3, -0.25) is 4.79 Å². The van der Waals surface area contributed by atoms with Crippen molar-refractivity contribution < 1.29 is 32.6 Å². The van der Waals surface area contributed by atoms with Crippen molar-refractivity contribution in [3.8, 4) is 0 Å². The summed E-state index contributed by atoms with van der Waals surface area (Å²) < 4.78 is 38.0. The molecule has 3 aliphatic heterocycles. The summed E-state index contributed by atoms with van der Waals surface area (Å²) in [5, 5.41) is 15.0. The first-order valence-corrected chi connectivity index (χ1v) is 13.5. The molecule has 212 valence electrons. The molecule has 0 saturated carbocycles. The van der Waals surface area contributed by atoms with Gasteiger partial charge in [0.25, 0.3) is 0 Å². The number of nitrogens with one attached hydrogen (secondary N) is 2. The average Bonchev–Trinajstić information content (AvgIpc) is 3.55. The summed E-state index contributed by atoms with van der Waals surface area (Å²) in [5.41, 5.74) is 3.54. The highest BCUT2D eigenvalue weighted by molar-refractivity contribution is 6.30. The molecule has 0 aromatic heterocycles. The number of hydrogen-bond donors (Lipinski definition) is 3. The number of rotatable bonds is 6. The molecule has 7 nitrogen and oxygen atoms in total. The molecule has 1 spiro atoms. The standard InChI is InChI=1S/C26H32ClN3O2.C2HF3O2/c27-21-7-3-6-19(15-21)24(16-22-8-4-12-28-22)29-17-25(31)30-13-10-26(11-14-30)23-9-2-1-5-20(23)18-32-26;3-2(4,5)1(6)7/h1-3,5-7,9,15,22,24,28-29H,4,8,10-14,16-18H2;(H,6,7)/t22-,24-;/m0./s1. The number of nitrogens with zero attached hydrogens (tertiary/aromatic N) is 1. The third-order valence-electron chi connectivity index (χ3n) is 7.61. The van der Waals surface area contributed by atoms with Crippen molar-refractivity contribution in [2.24, 2.45) is 0 Å². The van der Waals surface area contributed by atoms with E-state index in [1.807, 2.05) is 23.1 Å². The number of ether oxygens (including phenoxy) is 1. The number of carbonyl (C=O) groups is 2. The van der Waals surface area contributed by atoms with E-state index in [1.54, 1.807) is 0 Å². The molecule has 0 unspecified atom stereocenters. The van der Waals surface area contributed by atoms with Gasteiger partial charge in [-0.1, -0.05) is 48.0 Å². The summed E-state index contributed by atoms with van der Waals surface area (Å²) >= 11 is 6.25. The molecule has 2 fully saturated rings. The van der Waals surface area contributed by atoms with Gasteiger partial charge in [0.1, 0.15) is 0 Å². The van der Waals surface area contributed by atoms with E-state index in [-0.39, 0.29) is 17.6 Å². The fourth-order valence-electron chi connectivity index (χ4n) is 5.54. The highest BCUT2D eigenvalue weighted by Gasteiger charge is 2.43. The highest BCUT2D eigenvalue weighted by Crippen LogP contribution is 2.44. The first-order valence-electron chi connectivity index (χ1n) is 13.1. The Morgan fingerprint density at radius 3 is 2.54 bits per heavy atom. The Balaban J connectivity index is 0.000000448. The van der Waals surface area contributed by atoms with Gasteiger partial charge in [-0.15, -0.1) is 0 Å². The molecule has 2 atom stereocenters. The highest BCUT2D eigenvalue weighted by atomic mass is 35.5. The van der Waals surface area contributed by atoms with Crippen LogP contribution in [-0.4, -0.2) is 60.3 Å². The number of alkyl halides is 3. The van der Waals surface area contributed by atoms with E-state index in [0.717, 1.165) is 49.5 Å². The van der Waals surface area contributed by atoms with Crippen LogP contribution in [0.15, 0.2) is 48.5 Å². The lowest BCUT2D eigenvalue weighted by atomic mass is 9.84. The molecular formula is C28H33ClF3N3O4. The van der Waals surface area contributed by atoms with Gasteiger partial charge in [0.05, 0.1) is 18.8 Å². The third kappa shape index (κ3) is 7.51. The maximum absolute atomic E-state index is 13.1. The van der Waals surface area contributed by atoms with Crippen LogP contribution in [-0.2, 0) is 26.5 Å². The van der Waals surface area contributed by atoms with Crippen molar-refractivity contribution >= 4 is 23.5 Å². The number of likely N-dealkylation sites (tertiary alicyclic amines) is 1. The van der Waals surface area contributed by atoms with E-state index < -0.39 is 12.1 Å². The van der Waals surface area contributed by atoms with Gasteiger partial charge in [-0.2, -0.15) is 13.2 Å². The Morgan fingerprint density at radius 1 is 1.18 bits per heavy atom. The number of fused-ring (bicyclic) bond motifs is 2. The van der Waals surface area contributed by atoms with Crippen molar-refractivity contribution in [2.45, 2.75) is 62.6 Å². The SMILES string of the molecule is O=C(CN[C@@H](C[C@@H]1CCCN1)c1cccc(Cl)c1)N1CCC2(CC1)OCc1ccccc12.O=C(O)C(F)(F)F. The average molecular weight is 568 g/mol. The molecule has 3 aliphatic rings. The van der Waals surface area contributed by atoms with Crippen molar-refractivity contribution in [3.05, 3.63) is 70.2 Å². The molecule has 0 bridgehead atoms. The maximum Gasteiger partial charge on any atom is 0.490 e. The number of carboxylic acids is 1. The third-order valence-corrected chi connectivity index (χ3v) is 7.85. The summed E-state index contributed by atoms with van der Waals surface area (Å²) in [5.74, 6) is -2.59. The number of hydrogen-bond acceptors (Lipinski definition) is 5. The molecule has 39 heavy (non-hydrogen) atoms. The second-order valence-electron chi connectivity index (χ2n) is 10.1. The number of amides is 1. The zero-order valence-electron chi connectivity index (χ0n) is 21.5. The maximum atomic E-state index is 13.1. The second kappa shape index (κ2) is 12.7. The molecule has 1 amide bonds. The molecule has 2 saturated heterocycles. The Labute approximate surface area is 230 Å². The van der Waals surface area contributed by atoms with Crippen molar-refractivity contribution in [1.82, 2.24) is 15.5 Å². The predicted octanol–water partition coefficient (Wildman–Crippen LogP) is 4.79. The smallest absolute Gasteiger partial charge is 0.475 e. The van der Waals surface area contributed by atoms with Crippen molar-refractivity contribution in [3.63, 3.8) is 0 Å². The summed E-state index contributed by atoms with van der Waals surface area (Å²) in [6.45, 7) is 3.57. The Hall–Kier alpha value is -2.66. The Bertz CT molecular complexity index is 1150. The fourth-order valence-corrected chi connectivity index (χ4v) is 5.74. The lowest BCUT2D eigenvalue weighted by Crippen LogP contribution is -2.48. The number of carboxylic acid groups (broad SMARTS) is 1. The van der Waals surface area contributed by atoms with Crippen LogP contribution < -0.4 is 10.6 Å². The van der Waals surface area contributed by atoms with Crippen LogP contribution in [0.4, 0.5) is 13.2 Å². The minimum absolute atomic E-state index is 0.106. The lowest BCUT2D eigenvalue weighted by molar-refractivity contribution is -0.192. The van der Waals surface area contributed by atoms with Crippen LogP contribution in [0, 0.1) is 0 Å². The molecular weight excluding hydrogens is 535 g/mol. The van der Waals surface area contributed by atoms with Gasteiger partial charge in [-0.05, 0) is 67.5 Å². The van der Waals surface area contributed by atoms with Crippen molar-refractivity contribution in [2.75, 3.05) is 26.2 Å². The number of aliphatic carboxylic acids is 1. The van der Waals surface area contributed by atoms with E-state index in [9.17, 15) is 18.0 Å². The first-order chi connectivity index (χ1) is 18.6. The van der Waals surface area contributed by atoms with E-state index in [4.69, 9.17) is 26.2 Å². The minimum Gasteiger partial charge on any atom is -0.475 e. The normalized spacial score (nSPS) is 20.7. The van der Waals surface area contributed by atoms with Gasteiger partial charge < -0.3 is 25.4 Å². The summed E-state index contributed by atoms with van der Waals surface area (Å²) in [6.07, 6.45) is -0.00470. The van der Waals surface area contributed by atoms with Crippen LogP contribution in [0.5, 0.6) is 0 Å². The molecule has 11 heteroatoms. The van der Waals surface area contributed by atoms with Crippen molar-refractivity contribution in [1.29, 1.82) is 0 Å². The van der Waals surface area contributed by atoms with E-state index >= 15 is 0 Å². The number of benzene rings is 2. The molecule has 3 N–H and O–H groups in total. The predicted molar refractivity (Wildman–Crippen MR) is 140 cm³/mol. The number of piperidine rings is 1. The first kappa shape index (κ1) is 29.3. The van der Waals surface area contributed by atoms with Crippen LogP contribution in [0.1, 0.15) is 54.8 Å². The Morgan fingerprint density at radius 2 is 1.90 bits per heavy atom. The Kier molecular flexibility index (Phi) is 9.53. The summed E-state index contributed by atoms with van der Waals surface area (Å²) in [6, 6.07) is 17.1. The number of halogens is 4. The fraction of sp³-hybridized carbons (Fsp3) is 0.500. The zero-order chi connectivity index (χ0) is 28.0. The number of carbonyl (C=O) groups excluding carboxylic acids is 1. The lowest BCUT2D eigenvalue weighted by Gasteiger charge is -2.39. The van der Waals surface area contributed by atoms with Gasteiger partial charge in [0, 0.05) is 30.2 Å². The van der Waals surface area contributed by atoms with Gasteiger partial charge in [0.15, 0.2) is 0 Å². The molecule has 3 heterocycles. The van der Waals surface area contributed by atoms with Gasteiger partial charge in [-0.25, -0.2) is 4.79 Å². The second-order valence-corrected chi connectivity index (χ2v) is 10.6. The molecule has 0 aliphatic carbocycles. The molecule has 5 rings (SSSR count). The topological polar surface area (TPSA) is 90.9 Å². The zero-order valence-corrected chi connectivity index (χ0v) is 22.2. The van der Waals surface area contributed by atoms with Crippen LogP contribution in [0.3, 0.4) is 0 Å². The largest absolute Gasteiger partial charge is 0.490 e. The molecule has 2 aromatic rings. The van der Waals surface area contributed by atoms with E-state index in [0.29, 0.717) is 19.2 Å².